The van der Waals surface area contributed by atoms with Crippen LogP contribution in [0.4, 0.5) is 17.3 Å². The van der Waals surface area contributed by atoms with Crippen molar-refractivity contribution >= 4 is 23.2 Å². The zero-order chi connectivity index (χ0) is 26.6. The van der Waals surface area contributed by atoms with Gasteiger partial charge < -0.3 is 20.3 Å². The molecule has 2 aromatic carbocycles. The van der Waals surface area contributed by atoms with E-state index in [1.54, 1.807) is 36.3 Å². The highest BCUT2D eigenvalue weighted by molar-refractivity contribution is 6.06. The van der Waals surface area contributed by atoms with Crippen molar-refractivity contribution in [3.05, 3.63) is 89.9 Å². The Bertz CT molecular complexity index is 1460. The first-order valence-corrected chi connectivity index (χ1v) is 12.7. The van der Waals surface area contributed by atoms with E-state index in [1.807, 2.05) is 43.3 Å². The fourth-order valence-electron chi connectivity index (χ4n) is 4.79. The van der Waals surface area contributed by atoms with E-state index in [9.17, 15) is 4.79 Å². The van der Waals surface area contributed by atoms with Gasteiger partial charge in [0.2, 0.25) is 5.95 Å². The Hall–Kier alpha value is -4.66. The van der Waals surface area contributed by atoms with Crippen molar-refractivity contribution in [1.82, 2.24) is 19.7 Å². The third-order valence-corrected chi connectivity index (χ3v) is 6.70. The summed E-state index contributed by atoms with van der Waals surface area (Å²) in [5.41, 5.74) is 4.66. The minimum atomic E-state index is -0.560. The number of ether oxygens (including phenoxy) is 1. The van der Waals surface area contributed by atoms with Gasteiger partial charge in [-0.1, -0.05) is 18.2 Å². The summed E-state index contributed by atoms with van der Waals surface area (Å²) in [5.74, 6) is 1.52. The van der Waals surface area contributed by atoms with Crippen LogP contribution in [0.5, 0.6) is 5.75 Å². The molecule has 0 saturated carbocycles. The molecule has 0 aliphatic carbocycles. The van der Waals surface area contributed by atoms with E-state index in [0.29, 0.717) is 34.5 Å². The van der Waals surface area contributed by atoms with E-state index in [2.05, 4.69) is 46.5 Å². The second kappa shape index (κ2) is 10.8. The molecule has 0 radical (unpaired) electrons. The topological polar surface area (TPSA) is 97.2 Å². The number of fused-ring (bicyclic) bond motifs is 1. The van der Waals surface area contributed by atoms with Gasteiger partial charge in [0.15, 0.2) is 5.82 Å². The monoisotopic (exact) mass is 509 g/mol. The molecule has 2 aromatic heterocycles. The maximum atomic E-state index is 13.7. The first-order valence-electron chi connectivity index (χ1n) is 12.7. The Morgan fingerprint density at radius 1 is 1.08 bits per heavy atom. The molecule has 1 atom stereocenters. The molecule has 5 rings (SSSR count). The van der Waals surface area contributed by atoms with Gasteiger partial charge in [-0.25, -0.2) is 4.68 Å². The first kappa shape index (κ1) is 25.0. The molecule has 3 heterocycles. The summed E-state index contributed by atoms with van der Waals surface area (Å²) >= 11 is 0. The summed E-state index contributed by atoms with van der Waals surface area (Å²) in [5, 5.41) is 11.2. The van der Waals surface area contributed by atoms with Crippen molar-refractivity contribution in [3.8, 4) is 17.1 Å². The average Bonchev–Trinajstić information content (AvgIpc) is 3.37. The Balaban J connectivity index is 1.57. The largest absolute Gasteiger partial charge is 0.496 e. The van der Waals surface area contributed by atoms with Gasteiger partial charge >= 0.3 is 0 Å². The number of pyridine rings is 1. The highest BCUT2D eigenvalue weighted by Gasteiger charge is 2.36. The van der Waals surface area contributed by atoms with Crippen LogP contribution >= 0.6 is 0 Å². The van der Waals surface area contributed by atoms with Crippen LogP contribution in [0.3, 0.4) is 0 Å². The molecule has 1 amide bonds. The van der Waals surface area contributed by atoms with Gasteiger partial charge in [-0.15, -0.1) is 5.10 Å². The second-order valence-corrected chi connectivity index (χ2v) is 8.93. The molecule has 0 bridgehead atoms. The predicted octanol–water partition coefficient (Wildman–Crippen LogP) is 5.12. The van der Waals surface area contributed by atoms with Gasteiger partial charge in [0, 0.05) is 41.8 Å². The lowest BCUT2D eigenvalue weighted by Crippen LogP contribution is -2.31. The summed E-state index contributed by atoms with van der Waals surface area (Å²) in [4.78, 5) is 24.9. The van der Waals surface area contributed by atoms with Crippen LogP contribution < -0.4 is 20.3 Å². The number of carbonyl (C=O) groups is 1. The lowest BCUT2D eigenvalue weighted by Gasteiger charge is -2.29. The maximum Gasteiger partial charge on any atom is 0.255 e. The minimum Gasteiger partial charge on any atom is -0.496 e. The number of para-hydroxylation sites is 1. The molecule has 4 aromatic rings. The standard InChI is InChI=1S/C29H31N7O2/c1-5-35(6-2)22-15-13-20(14-16-22)27-33-29-31-19(3)25(28(37)32-21-10-9-17-30-18-21)26(36(29)34-27)23-11-7-8-12-24(23)38-4/h7-18,26H,5-6H2,1-4H3,(H,32,37)(H,31,33,34). The highest BCUT2D eigenvalue weighted by atomic mass is 16.5. The van der Waals surface area contributed by atoms with Gasteiger partial charge in [-0.2, -0.15) is 4.98 Å². The molecule has 9 heteroatoms. The van der Waals surface area contributed by atoms with E-state index in [4.69, 9.17) is 14.8 Å². The molecule has 1 aliphatic rings. The second-order valence-electron chi connectivity index (χ2n) is 8.93. The number of aromatic nitrogens is 4. The zero-order valence-corrected chi connectivity index (χ0v) is 22.0. The van der Waals surface area contributed by atoms with Crippen molar-refractivity contribution < 1.29 is 9.53 Å². The minimum absolute atomic E-state index is 0.259. The molecular formula is C29H31N7O2. The third-order valence-electron chi connectivity index (χ3n) is 6.70. The molecule has 9 nitrogen and oxygen atoms in total. The Labute approximate surface area is 222 Å². The number of allylic oxidation sites excluding steroid dienone is 1. The van der Waals surface area contributed by atoms with E-state index in [-0.39, 0.29) is 5.91 Å². The van der Waals surface area contributed by atoms with Gasteiger partial charge in [-0.05, 0) is 63.2 Å². The van der Waals surface area contributed by atoms with E-state index >= 15 is 0 Å². The van der Waals surface area contributed by atoms with Crippen molar-refractivity contribution in [3.63, 3.8) is 0 Å². The van der Waals surface area contributed by atoms with Crippen molar-refractivity contribution in [2.24, 2.45) is 0 Å². The molecule has 2 N–H and O–H groups in total. The van der Waals surface area contributed by atoms with Gasteiger partial charge in [-0.3, -0.25) is 9.78 Å². The number of hydrogen-bond acceptors (Lipinski definition) is 7. The Kier molecular flexibility index (Phi) is 7.08. The van der Waals surface area contributed by atoms with Crippen LogP contribution in [0.25, 0.3) is 11.4 Å². The number of nitrogens with one attached hydrogen (secondary N) is 2. The normalized spacial score (nSPS) is 14.5. The first-order chi connectivity index (χ1) is 18.5. The zero-order valence-electron chi connectivity index (χ0n) is 22.0. The third kappa shape index (κ3) is 4.70. The van der Waals surface area contributed by atoms with Gasteiger partial charge in [0.1, 0.15) is 11.8 Å². The molecule has 0 saturated heterocycles. The predicted molar refractivity (Wildman–Crippen MR) is 149 cm³/mol. The summed E-state index contributed by atoms with van der Waals surface area (Å²) in [6.07, 6.45) is 3.28. The van der Waals surface area contributed by atoms with Crippen molar-refractivity contribution in [2.75, 3.05) is 35.7 Å². The lowest BCUT2D eigenvalue weighted by atomic mass is 9.94. The van der Waals surface area contributed by atoms with Gasteiger partial charge in [0.05, 0.1) is 24.6 Å². The van der Waals surface area contributed by atoms with Crippen molar-refractivity contribution in [1.29, 1.82) is 0 Å². The van der Waals surface area contributed by atoms with Crippen LogP contribution in [-0.2, 0) is 4.79 Å². The Morgan fingerprint density at radius 3 is 2.53 bits per heavy atom. The number of rotatable bonds is 8. The summed E-state index contributed by atoms with van der Waals surface area (Å²) in [6.45, 7) is 8.03. The maximum absolute atomic E-state index is 13.7. The summed E-state index contributed by atoms with van der Waals surface area (Å²) < 4.78 is 7.45. The number of benzene rings is 2. The Morgan fingerprint density at radius 2 is 1.84 bits per heavy atom. The number of anilines is 3. The number of carbonyl (C=O) groups excluding carboxylic acids is 1. The molecule has 1 aliphatic heterocycles. The molecule has 38 heavy (non-hydrogen) atoms. The van der Waals surface area contributed by atoms with E-state index < -0.39 is 6.04 Å². The van der Waals surface area contributed by atoms with Crippen LogP contribution in [0.15, 0.2) is 84.3 Å². The summed E-state index contributed by atoms with van der Waals surface area (Å²) in [7, 11) is 1.62. The van der Waals surface area contributed by atoms with E-state index in [0.717, 1.165) is 29.9 Å². The van der Waals surface area contributed by atoms with Crippen molar-refractivity contribution in [2.45, 2.75) is 26.8 Å². The SMILES string of the molecule is CCN(CC)c1ccc(-c2nc3n(n2)C(c2ccccc2OC)C(C(=O)Nc2cccnc2)=C(C)N3)cc1. The van der Waals surface area contributed by atoms with Crippen LogP contribution in [0.1, 0.15) is 32.4 Å². The smallest absolute Gasteiger partial charge is 0.255 e. The number of nitrogens with zero attached hydrogens (tertiary/aromatic N) is 5. The lowest BCUT2D eigenvalue weighted by molar-refractivity contribution is -0.113. The number of amides is 1. The van der Waals surface area contributed by atoms with Gasteiger partial charge in [0.25, 0.3) is 5.91 Å². The quantitative estimate of drug-likeness (QED) is 0.340. The van der Waals surface area contributed by atoms with E-state index in [1.165, 1.54) is 0 Å². The highest BCUT2D eigenvalue weighted by Crippen LogP contribution is 2.40. The molecule has 0 fully saturated rings. The molecule has 194 valence electrons. The molecular weight excluding hydrogens is 478 g/mol. The number of hydrogen-bond donors (Lipinski definition) is 2. The number of methoxy groups -OCH3 is 1. The fraction of sp³-hybridized carbons (Fsp3) is 0.241. The van der Waals surface area contributed by atoms with Crippen LogP contribution in [0, 0.1) is 0 Å². The average molecular weight is 510 g/mol. The van der Waals surface area contributed by atoms with Crippen LogP contribution in [-0.4, -0.2) is 45.9 Å². The summed E-state index contributed by atoms with van der Waals surface area (Å²) in [6, 6.07) is 18.9. The molecule has 1 unspecified atom stereocenters. The van der Waals surface area contributed by atoms with Crippen LogP contribution in [0.2, 0.25) is 0 Å². The fourth-order valence-corrected chi connectivity index (χ4v) is 4.79. The molecule has 0 spiro atoms.